The zero-order chi connectivity index (χ0) is 10.1. The Balaban J connectivity index is 0.00000112. The van der Waals surface area contributed by atoms with E-state index in [-0.39, 0.29) is 29.6 Å². The first kappa shape index (κ1) is 13.4. The zero-order valence-corrected chi connectivity index (χ0v) is 11.9. The quantitative estimate of drug-likeness (QED) is 0.468. The van der Waals surface area contributed by atoms with Crippen molar-refractivity contribution >= 4 is 11.1 Å². The van der Waals surface area contributed by atoms with Gasteiger partial charge in [-0.25, -0.2) is 0 Å². The molecule has 0 N–H and O–H groups in total. The van der Waals surface area contributed by atoms with Gasteiger partial charge in [-0.2, -0.15) is 5.10 Å². The molecular formula is C9H13N2NaO2S. The number of hydrogen-bond acceptors (Lipinski definition) is 3. The van der Waals surface area contributed by atoms with Gasteiger partial charge in [-0.15, -0.1) is 0 Å². The smallest absolute Gasteiger partial charge is 0.768 e. The predicted octanol–water partition coefficient (Wildman–Crippen LogP) is -1.59. The molecule has 78 valence electrons. The van der Waals surface area contributed by atoms with Crippen LogP contribution in [-0.4, -0.2) is 18.5 Å². The molecule has 4 nitrogen and oxygen atoms in total. The van der Waals surface area contributed by atoms with E-state index < -0.39 is 11.1 Å². The summed E-state index contributed by atoms with van der Waals surface area (Å²) in [5.74, 6) is 0.390. The van der Waals surface area contributed by atoms with Crippen molar-refractivity contribution in [2.24, 2.45) is 0 Å². The molecule has 1 aliphatic rings. The molecule has 1 saturated carbocycles. The molecule has 1 heterocycles. The Bertz CT molecular complexity index is 363. The minimum atomic E-state index is -2.14. The molecule has 0 aliphatic heterocycles. The Morgan fingerprint density at radius 1 is 1.67 bits per heavy atom. The monoisotopic (exact) mass is 236 g/mol. The standard InChI is InChI=1S/C9H14N2O2S.Na/c1-2-5-11-6-8(14(12)13)9(10-11)7-3-4-7;/h6-7H,2-5H2,1H3,(H,12,13);/q;+1/p-1. The summed E-state index contributed by atoms with van der Waals surface area (Å²) in [5.41, 5.74) is 0.770. The Labute approximate surface area is 114 Å². The van der Waals surface area contributed by atoms with Crippen LogP contribution in [0.2, 0.25) is 0 Å². The molecule has 0 bridgehead atoms. The molecule has 2 rings (SSSR count). The van der Waals surface area contributed by atoms with Crippen molar-refractivity contribution in [1.29, 1.82) is 0 Å². The summed E-state index contributed by atoms with van der Waals surface area (Å²) in [5, 5.41) is 4.31. The van der Waals surface area contributed by atoms with Crippen molar-refractivity contribution < 1.29 is 38.3 Å². The first-order valence-electron chi connectivity index (χ1n) is 4.89. The first-order chi connectivity index (χ1) is 6.72. The van der Waals surface area contributed by atoms with E-state index in [4.69, 9.17) is 0 Å². The fourth-order valence-electron chi connectivity index (χ4n) is 1.53. The van der Waals surface area contributed by atoms with E-state index in [0.717, 1.165) is 31.5 Å². The molecule has 1 aromatic heterocycles. The zero-order valence-electron chi connectivity index (χ0n) is 9.10. The van der Waals surface area contributed by atoms with Crippen LogP contribution >= 0.6 is 0 Å². The summed E-state index contributed by atoms with van der Waals surface area (Å²) < 4.78 is 23.6. The van der Waals surface area contributed by atoms with Gasteiger partial charge >= 0.3 is 29.6 Å². The average molecular weight is 236 g/mol. The van der Waals surface area contributed by atoms with E-state index in [1.165, 1.54) is 0 Å². The summed E-state index contributed by atoms with van der Waals surface area (Å²) >= 11 is -2.14. The van der Waals surface area contributed by atoms with Crippen molar-refractivity contribution in [3.8, 4) is 0 Å². The van der Waals surface area contributed by atoms with Gasteiger partial charge in [-0.05, 0) is 30.3 Å². The van der Waals surface area contributed by atoms with Gasteiger partial charge in [0.15, 0.2) is 0 Å². The Kier molecular flexibility index (Phi) is 4.99. The van der Waals surface area contributed by atoms with Crippen LogP contribution in [0, 0.1) is 0 Å². The maximum Gasteiger partial charge on any atom is 1.00 e. The fourth-order valence-corrected chi connectivity index (χ4v) is 2.12. The molecule has 1 atom stereocenters. The third kappa shape index (κ3) is 3.14. The third-order valence-corrected chi connectivity index (χ3v) is 3.02. The van der Waals surface area contributed by atoms with Crippen molar-refractivity contribution in [1.82, 2.24) is 9.78 Å². The van der Waals surface area contributed by atoms with Crippen LogP contribution in [0.3, 0.4) is 0 Å². The molecule has 1 aliphatic carbocycles. The molecule has 1 unspecified atom stereocenters. The summed E-state index contributed by atoms with van der Waals surface area (Å²) in [6.45, 7) is 2.84. The van der Waals surface area contributed by atoms with Crippen molar-refractivity contribution in [3.05, 3.63) is 11.9 Å². The van der Waals surface area contributed by atoms with E-state index in [2.05, 4.69) is 5.10 Å². The summed E-state index contributed by atoms with van der Waals surface area (Å²) in [6, 6.07) is 0. The van der Waals surface area contributed by atoms with Gasteiger partial charge in [-0.1, -0.05) is 6.92 Å². The Morgan fingerprint density at radius 3 is 2.80 bits per heavy atom. The molecule has 1 aromatic rings. The molecule has 0 amide bonds. The van der Waals surface area contributed by atoms with Gasteiger partial charge in [0, 0.05) is 18.7 Å². The van der Waals surface area contributed by atoms with Crippen LogP contribution in [0.5, 0.6) is 0 Å². The van der Waals surface area contributed by atoms with Gasteiger partial charge < -0.3 is 4.55 Å². The average Bonchev–Trinajstić information content (AvgIpc) is 2.88. The SMILES string of the molecule is CCCn1cc(S(=O)[O-])c(C2CC2)n1.[Na+]. The number of nitrogens with zero attached hydrogens (tertiary/aromatic N) is 2. The van der Waals surface area contributed by atoms with E-state index in [9.17, 15) is 8.76 Å². The van der Waals surface area contributed by atoms with E-state index in [1.54, 1.807) is 10.9 Å². The number of aromatic nitrogens is 2. The molecular weight excluding hydrogens is 223 g/mol. The molecule has 0 aromatic carbocycles. The third-order valence-electron chi connectivity index (χ3n) is 2.35. The van der Waals surface area contributed by atoms with E-state index >= 15 is 0 Å². The second kappa shape index (κ2) is 5.59. The van der Waals surface area contributed by atoms with Crippen LogP contribution < -0.4 is 29.6 Å². The topological polar surface area (TPSA) is 58.0 Å². The second-order valence-electron chi connectivity index (χ2n) is 3.65. The fraction of sp³-hybridized carbons (Fsp3) is 0.667. The van der Waals surface area contributed by atoms with Gasteiger partial charge in [0.1, 0.15) is 0 Å². The molecule has 0 spiro atoms. The summed E-state index contributed by atoms with van der Waals surface area (Å²) in [4.78, 5) is 0.390. The number of hydrogen-bond donors (Lipinski definition) is 0. The maximum atomic E-state index is 10.9. The maximum absolute atomic E-state index is 10.9. The molecule has 0 saturated heterocycles. The number of aryl methyl sites for hydroxylation is 1. The normalized spacial score (nSPS) is 17.2. The van der Waals surface area contributed by atoms with Crippen molar-refractivity contribution in [2.75, 3.05) is 0 Å². The van der Waals surface area contributed by atoms with Crippen LogP contribution in [0.1, 0.15) is 37.8 Å². The second-order valence-corrected chi connectivity index (χ2v) is 4.56. The van der Waals surface area contributed by atoms with Gasteiger partial charge in [0.05, 0.1) is 10.6 Å². The summed E-state index contributed by atoms with van der Waals surface area (Å²) in [7, 11) is 0. The summed E-state index contributed by atoms with van der Waals surface area (Å²) in [6.07, 6.45) is 4.76. The van der Waals surface area contributed by atoms with Gasteiger partial charge in [0.2, 0.25) is 0 Å². The van der Waals surface area contributed by atoms with Crippen molar-refractivity contribution in [3.63, 3.8) is 0 Å². The van der Waals surface area contributed by atoms with Crippen LogP contribution in [0.25, 0.3) is 0 Å². The number of rotatable bonds is 4. The first-order valence-corrected chi connectivity index (χ1v) is 5.96. The molecule has 1 fully saturated rings. The minimum absolute atomic E-state index is 0. The molecule has 6 heteroatoms. The van der Waals surface area contributed by atoms with Gasteiger partial charge in [0.25, 0.3) is 0 Å². The largest absolute Gasteiger partial charge is 1.00 e. The van der Waals surface area contributed by atoms with Crippen LogP contribution in [0.4, 0.5) is 0 Å². The van der Waals surface area contributed by atoms with E-state index in [0.29, 0.717) is 10.8 Å². The molecule has 15 heavy (non-hydrogen) atoms. The van der Waals surface area contributed by atoms with Gasteiger partial charge in [-0.3, -0.25) is 8.89 Å². The Hall–Kier alpha value is 0.320. The molecule has 0 radical (unpaired) electrons. The van der Waals surface area contributed by atoms with Crippen LogP contribution in [0.15, 0.2) is 11.1 Å². The predicted molar refractivity (Wildman–Crippen MR) is 51.7 cm³/mol. The Morgan fingerprint density at radius 2 is 2.33 bits per heavy atom. The minimum Gasteiger partial charge on any atom is -0.768 e. The van der Waals surface area contributed by atoms with Crippen molar-refractivity contribution in [2.45, 2.75) is 43.5 Å². The van der Waals surface area contributed by atoms with E-state index in [1.807, 2.05) is 6.92 Å². The van der Waals surface area contributed by atoms with Crippen LogP contribution in [-0.2, 0) is 17.6 Å².